The third-order valence-electron chi connectivity index (χ3n) is 5.96. The van der Waals surface area contributed by atoms with Gasteiger partial charge in [-0.25, -0.2) is 18.6 Å². The monoisotopic (exact) mass is 549 g/mol. The second kappa shape index (κ2) is 11.6. The molecule has 0 aromatic heterocycles. The molecule has 40 heavy (non-hydrogen) atoms. The molecule has 0 bridgehead atoms. The maximum Gasteiger partial charge on any atom is 0.343 e. The van der Waals surface area contributed by atoms with Crippen molar-refractivity contribution in [3.63, 3.8) is 0 Å². The Labute approximate surface area is 231 Å². The van der Waals surface area contributed by atoms with Crippen LogP contribution >= 0.6 is 0 Å². The molecule has 0 radical (unpaired) electrons. The number of hydrogen-bond donors (Lipinski definition) is 2. The molecule has 0 aliphatic carbocycles. The van der Waals surface area contributed by atoms with Gasteiger partial charge in [-0.2, -0.15) is 5.10 Å². The summed E-state index contributed by atoms with van der Waals surface area (Å²) < 4.78 is 33.2. The van der Waals surface area contributed by atoms with Crippen LogP contribution in [-0.2, 0) is 10.0 Å². The number of anilines is 1. The first-order valence-corrected chi connectivity index (χ1v) is 13.7. The van der Waals surface area contributed by atoms with E-state index >= 15 is 0 Å². The fraction of sp³-hybridized carbons (Fsp3) is 0. The van der Waals surface area contributed by atoms with Crippen molar-refractivity contribution in [2.45, 2.75) is 4.90 Å². The summed E-state index contributed by atoms with van der Waals surface area (Å²) >= 11 is 0. The van der Waals surface area contributed by atoms with Gasteiger partial charge in [0.25, 0.3) is 15.9 Å². The van der Waals surface area contributed by atoms with Crippen LogP contribution < -0.4 is 14.9 Å². The molecule has 0 saturated heterocycles. The molecule has 0 spiro atoms. The summed E-state index contributed by atoms with van der Waals surface area (Å²) in [6.45, 7) is 0. The number of benzene rings is 5. The van der Waals surface area contributed by atoms with Crippen molar-refractivity contribution in [1.29, 1.82) is 0 Å². The van der Waals surface area contributed by atoms with E-state index in [4.69, 9.17) is 4.74 Å². The van der Waals surface area contributed by atoms with Gasteiger partial charge in [0, 0.05) is 16.8 Å². The average Bonchev–Trinajstić information content (AvgIpc) is 2.99. The summed E-state index contributed by atoms with van der Waals surface area (Å²) in [5, 5.41) is 5.79. The molecular formula is C31H23N3O5S. The molecule has 5 aromatic rings. The number of rotatable bonds is 8. The van der Waals surface area contributed by atoms with E-state index in [1.54, 1.807) is 48.5 Å². The Bertz CT molecular complexity index is 1810. The van der Waals surface area contributed by atoms with E-state index in [0.29, 0.717) is 22.6 Å². The molecule has 8 nitrogen and oxygen atoms in total. The second-order valence-corrected chi connectivity index (χ2v) is 10.3. The summed E-state index contributed by atoms with van der Waals surface area (Å²) in [6, 6.07) is 33.6. The Morgan fingerprint density at radius 3 is 2.08 bits per heavy atom. The van der Waals surface area contributed by atoms with Crippen LogP contribution in [-0.4, -0.2) is 26.5 Å². The quantitative estimate of drug-likeness (QED) is 0.113. The zero-order valence-electron chi connectivity index (χ0n) is 21.0. The summed E-state index contributed by atoms with van der Waals surface area (Å²) in [5.74, 6) is -0.727. The standard InChI is InChI=1S/C31H23N3O5S/c35-30(23-15-18-25(19-16-23)34-40(37,38)26-12-5-2-6-13-26)33-32-21-28-27-14-8-7-9-22(27)17-20-29(28)39-31(36)24-10-3-1-4-11-24/h1-21,34H,(H,33,35)/b32-21-. The van der Waals surface area contributed by atoms with Gasteiger partial charge in [0.2, 0.25) is 0 Å². The van der Waals surface area contributed by atoms with Crippen LogP contribution in [0.3, 0.4) is 0 Å². The van der Waals surface area contributed by atoms with Crippen LogP contribution in [0.5, 0.6) is 5.75 Å². The van der Waals surface area contributed by atoms with Crippen LogP contribution in [0, 0.1) is 0 Å². The number of sulfonamides is 1. The molecule has 0 aliphatic rings. The molecule has 5 rings (SSSR count). The highest BCUT2D eigenvalue weighted by Gasteiger charge is 2.15. The summed E-state index contributed by atoms with van der Waals surface area (Å²) in [4.78, 5) is 25.5. The van der Waals surface area contributed by atoms with E-state index < -0.39 is 21.9 Å². The number of carbonyl (C=O) groups is 2. The molecule has 0 aliphatic heterocycles. The smallest absolute Gasteiger partial charge is 0.343 e. The molecule has 0 atom stereocenters. The van der Waals surface area contributed by atoms with Crippen molar-refractivity contribution < 1.29 is 22.7 Å². The highest BCUT2D eigenvalue weighted by atomic mass is 32.2. The number of nitrogens with zero attached hydrogens (tertiary/aromatic N) is 1. The zero-order chi connectivity index (χ0) is 28.0. The van der Waals surface area contributed by atoms with Crippen molar-refractivity contribution in [1.82, 2.24) is 5.43 Å². The van der Waals surface area contributed by atoms with Crippen LogP contribution in [0.4, 0.5) is 5.69 Å². The van der Waals surface area contributed by atoms with Gasteiger partial charge >= 0.3 is 5.97 Å². The Morgan fingerprint density at radius 2 is 1.35 bits per heavy atom. The molecule has 0 fully saturated rings. The fourth-order valence-electron chi connectivity index (χ4n) is 3.95. The normalized spacial score (nSPS) is 11.3. The third kappa shape index (κ3) is 6.06. The van der Waals surface area contributed by atoms with E-state index in [9.17, 15) is 18.0 Å². The lowest BCUT2D eigenvalue weighted by Gasteiger charge is -2.11. The first-order valence-electron chi connectivity index (χ1n) is 12.2. The predicted molar refractivity (Wildman–Crippen MR) is 154 cm³/mol. The lowest BCUT2D eigenvalue weighted by atomic mass is 10.0. The Balaban J connectivity index is 1.31. The minimum absolute atomic E-state index is 0.133. The van der Waals surface area contributed by atoms with Crippen molar-refractivity contribution in [3.8, 4) is 5.75 Å². The molecule has 5 aromatic carbocycles. The van der Waals surface area contributed by atoms with Gasteiger partial charge in [-0.3, -0.25) is 9.52 Å². The predicted octanol–water partition coefficient (Wildman–Crippen LogP) is 5.62. The average molecular weight is 550 g/mol. The number of fused-ring (bicyclic) bond motifs is 1. The van der Waals surface area contributed by atoms with Crippen molar-refractivity contribution in [3.05, 3.63) is 138 Å². The summed E-state index contributed by atoms with van der Waals surface area (Å²) in [7, 11) is -3.75. The minimum Gasteiger partial charge on any atom is -0.422 e. The van der Waals surface area contributed by atoms with Gasteiger partial charge in [0.05, 0.1) is 16.7 Å². The third-order valence-corrected chi connectivity index (χ3v) is 7.35. The number of esters is 1. The van der Waals surface area contributed by atoms with Crippen LogP contribution in [0.2, 0.25) is 0 Å². The van der Waals surface area contributed by atoms with Gasteiger partial charge < -0.3 is 4.74 Å². The Hall–Kier alpha value is -5.28. The molecule has 2 N–H and O–H groups in total. The van der Waals surface area contributed by atoms with E-state index in [0.717, 1.165) is 10.8 Å². The number of amides is 1. The maximum atomic E-state index is 12.7. The molecule has 198 valence electrons. The summed E-state index contributed by atoms with van der Waals surface area (Å²) in [6.07, 6.45) is 1.43. The van der Waals surface area contributed by atoms with Crippen molar-refractivity contribution >= 4 is 44.6 Å². The van der Waals surface area contributed by atoms with Crippen LogP contribution in [0.1, 0.15) is 26.3 Å². The number of nitrogens with one attached hydrogen (secondary N) is 2. The Kier molecular flexibility index (Phi) is 7.65. The molecule has 9 heteroatoms. The number of ether oxygens (including phenoxy) is 1. The zero-order valence-corrected chi connectivity index (χ0v) is 21.8. The van der Waals surface area contributed by atoms with E-state index in [1.807, 2.05) is 36.4 Å². The fourth-order valence-corrected chi connectivity index (χ4v) is 5.03. The van der Waals surface area contributed by atoms with Crippen molar-refractivity contribution in [2.24, 2.45) is 5.10 Å². The van der Waals surface area contributed by atoms with Crippen LogP contribution in [0.15, 0.2) is 131 Å². The topological polar surface area (TPSA) is 114 Å². The molecule has 0 saturated carbocycles. The van der Waals surface area contributed by atoms with E-state index in [2.05, 4.69) is 15.2 Å². The second-order valence-electron chi connectivity index (χ2n) is 8.65. The number of hydrazone groups is 1. The first-order chi connectivity index (χ1) is 19.4. The molecular weight excluding hydrogens is 526 g/mol. The minimum atomic E-state index is -3.75. The summed E-state index contributed by atoms with van der Waals surface area (Å²) in [5.41, 5.74) is 3.98. The SMILES string of the molecule is O=C(N/N=C\c1c(OC(=O)c2ccccc2)ccc2ccccc12)c1ccc(NS(=O)(=O)c2ccccc2)cc1. The van der Waals surface area contributed by atoms with Gasteiger partial charge in [-0.15, -0.1) is 0 Å². The lowest BCUT2D eigenvalue weighted by Crippen LogP contribution is -2.18. The first kappa shape index (κ1) is 26.3. The van der Waals surface area contributed by atoms with E-state index in [-0.39, 0.29) is 10.5 Å². The largest absolute Gasteiger partial charge is 0.422 e. The molecule has 0 unspecified atom stereocenters. The molecule has 1 amide bonds. The highest BCUT2D eigenvalue weighted by molar-refractivity contribution is 7.92. The lowest BCUT2D eigenvalue weighted by molar-refractivity contribution is 0.0734. The van der Waals surface area contributed by atoms with Gasteiger partial charge in [-0.1, -0.05) is 66.7 Å². The van der Waals surface area contributed by atoms with Crippen molar-refractivity contribution in [2.75, 3.05) is 4.72 Å². The number of hydrogen-bond acceptors (Lipinski definition) is 6. The van der Waals surface area contributed by atoms with Gasteiger partial charge in [-0.05, 0) is 65.4 Å². The van der Waals surface area contributed by atoms with Gasteiger partial charge in [0.15, 0.2) is 0 Å². The Morgan fingerprint density at radius 1 is 0.700 bits per heavy atom. The maximum absolute atomic E-state index is 12.7. The highest BCUT2D eigenvalue weighted by Crippen LogP contribution is 2.27. The van der Waals surface area contributed by atoms with Crippen LogP contribution in [0.25, 0.3) is 10.8 Å². The molecule has 0 heterocycles. The van der Waals surface area contributed by atoms with Gasteiger partial charge in [0.1, 0.15) is 5.75 Å². The van der Waals surface area contributed by atoms with E-state index in [1.165, 1.54) is 42.6 Å². The number of carbonyl (C=O) groups excluding carboxylic acids is 2.